The van der Waals surface area contributed by atoms with Crippen LogP contribution in [0.1, 0.15) is 44.1 Å². The highest BCUT2D eigenvalue weighted by atomic mass is 19.1. The number of pyridine rings is 1. The van der Waals surface area contributed by atoms with Gasteiger partial charge in [0.05, 0.1) is 11.6 Å². The first kappa shape index (κ1) is 14.0. The molecule has 1 saturated carbocycles. The lowest BCUT2D eigenvalue weighted by Gasteiger charge is -2.30. The number of hydrogen-bond donors (Lipinski definition) is 0. The molecule has 1 aromatic heterocycles. The average molecular weight is 282 g/mol. The van der Waals surface area contributed by atoms with Gasteiger partial charge in [-0.05, 0) is 74.3 Å². The van der Waals surface area contributed by atoms with Crippen LogP contribution < -0.4 is 0 Å². The van der Waals surface area contributed by atoms with Gasteiger partial charge in [0, 0.05) is 17.5 Å². The number of nitrogens with zero attached hydrogens (tertiary/aromatic N) is 2. The van der Waals surface area contributed by atoms with Crippen molar-refractivity contribution in [3.8, 4) is 6.07 Å². The van der Waals surface area contributed by atoms with Crippen LogP contribution in [0, 0.1) is 29.0 Å². The molecule has 1 unspecified atom stereocenters. The molecule has 0 saturated heterocycles. The van der Waals surface area contributed by atoms with E-state index in [1.54, 1.807) is 12.1 Å². The van der Waals surface area contributed by atoms with Gasteiger partial charge in [-0.3, -0.25) is 4.98 Å². The molecule has 0 amide bonds. The van der Waals surface area contributed by atoms with E-state index in [0.29, 0.717) is 11.8 Å². The van der Waals surface area contributed by atoms with Gasteiger partial charge in [-0.25, -0.2) is 4.39 Å². The van der Waals surface area contributed by atoms with Crippen LogP contribution in [0.4, 0.5) is 4.39 Å². The van der Waals surface area contributed by atoms with Crippen molar-refractivity contribution >= 4 is 10.9 Å². The van der Waals surface area contributed by atoms with Crippen molar-refractivity contribution in [3.63, 3.8) is 0 Å². The zero-order chi connectivity index (χ0) is 14.8. The number of nitriles is 1. The molecule has 1 atom stereocenters. The highest BCUT2D eigenvalue weighted by molar-refractivity contribution is 5.82. The molecule has 0 bridgehead atoms. The maximum atomic E-state index is 13.5. The minimum atomic E-state index is -0.205. The van der Waals surface area contributed by atoms with Crippen molar-refractivity contribution in [2.45, 2.75) is 38.5 Å². The second kappa shape index (κ2) is 5.81. The van der Waals surface area contributed by atoms with Crippen LogP contribution in [-0.4, -0.2) is 4.98 Å². The van der Waals surface area contributed by atoms with E-state index in [1.807, 2.05) is 19.2 Å². The first-order chi connectivity index (χ1) is 10.2. The maximum Gasteiger partial charge on any atom is 0.123 e. The summed E-state index contributed by atoms with van der Waals surface area (Å²) in [5.41, 5.74) is 2.07. The molecule has 0 N–H and O–H groups in total. The van der Waals surface area contributed by atoms with Crippen molar-refractivity contribution in [1.82, 2.24) is 4.98 Å². The molecule has 1 heterocycles. The summed E-state index contributed by atoms with van der Waals surface area (Å²) < 4.78 is 13.5. The van der Waals surface area contributed by atoms with Crippen molar-refractivity contribution in [2.75, 3.05) is 0 Å². The summed E-state index contributed by atoms with van der Waals surface area (Å²) in [6.07, 6.45) is 6.13. The van der Waals surface area contributed by atoms with E-state index < -0.39 is 0 Å². The van der Waals surface area contributed by atoms with Gasteiger partial charge in [-0.15, -0.1) is 0 Å². The predicted molar refractivity (Wildman–Crippen MR) is 81.2 cm³/mol. The minimum absolute atomic E-state index is 0.137. The quantitative estimate of drug-likeness (QED) is 0.792. The van der Waals surface area contributed by atoms with Crippen molar-refractivity contribution in [2.24, 2.45) is 11.8 Å². The molecule has 21 heavy (non-hydrogen) atoms. The molecule has 1 fully saturated rings. The van der Waals surface area contributed by atoms with Crippen LogP contribution in [0.15, 0.2) is 30.5 Å². The van der Waals surface area contributed by atoms with Gasteiger partial charge in [0.15, 0.2) is 0 Å². The Hall–Kier alpha value is -1.95. The van der Waals surface area contributed by atoms with Gasteiger partial charge in [-0.1, -0.05) is 0 Å². The number of halogens is 1. The first-order valence-electron chi connectivity index (χ1n) is 7.63. The molecule has 1 aliphatic carbocycles. The lowest BCUT2D eigenvalue weighted by atomic mass is 9.74. The van der Waals surface area contributed by atoms with E-state index in [-0.39, 0.29) is 11.7 Å². The van der Waals surface area contributed by atoms with E-state index in [9.17, 15) is 4.39 Å². The Morgan fingerprint density at radius 3 is 2.71 bits per heavy atom. The van der Waals surface area contributed by atoms with Gasteiger partial charge in [-0.2, -0.15) is 5.26 Å². The van der Waals surface area contributed by atoms with Crippen LogP contribution in [0.5, 0.6) is 0 Å². The van der Waals surface area contributed by atoms with Gasteiger partial charge >= 0.3 is 0 Å². The zero-order valence-corrected chi connectivity index (χ0v) is 12.2. The summed E-state index contributed by atoms with van der Waals surface area (Å²) in [4.78, 5) is 4.32. The van der Waals surface area contributed by atoms with Crippen LogP contribution in [0.25, 0.3) is 10.9 Å². The SMILES string of the molecule is CC(C#N)C1CCC(c2ccnc3ccc(F)cc23)CC1. The molecule has 0 radical (unpaired) electrons. The van der Waals surface area contributed by atoms with E-state index in [2.05, 4.69) is 11.1 Å². The normalized spacial score (nSPS) is 23.7. The predicted octanol–water partition coefficient (Wildman–Crippen LogP) is 4.81. The molecule has 2 nitrogen and oxygen atoms in total. The number of benzene rings is 1. The van der Waals surface area contributed by atoms with E-state index in [0.717, 1.165) is 36.6 Å². The zero-order valence-electron chi connectivity index (χ0n) is 12.2. The Balaban J connectivity index is 1.86. The molecule has 3 heteroatoms. The molecular formula is C18H19FN2. The molecule has 1 aliphatic rings. The summed E-state index contributed by atoms with van der Waals surface area (Å²) in [7, 11) is 0. The lowest BCUT2D eigenvalue weighted by Crippen LogP contribution is -2.18. The third kappa shape index (κ3) is 2.76. The monoisotopic (exact) mass is 282 g/mol. The molecular weight excluding hydrogens is 263 g/mol. The smallest absolute Gasteiger partial charge is 0.123 e. The van der Waals surface area contributed by atoms with Crippen LogP contribution in [-0.2, 0) is 0 Å². The topological polar surface area (TPSA) is 36.7 Å². The van der Waals surface area contributed by atoms with Gasteiger partial charge in [0.25, 0.3) is 0 Å². The van der Waals surface area contributed by atoms with E-state index in [1.165, 1.54) is 11.6 Å². The van der Waals surface area contributed by atoms with Crippen molar-refractivity contribution < 1.29 is 4.39 Å². The average Bonchev–Trinajstić information content (AvgIpc) is 2.53. The fourth-order valence-corrected chi connectivity index (χ4v) is 3.53. The lowest BCUT2D eigenvalue weighted by molar-refractivity contribution is 0.281. The van der Waals surface area contributed by atoms with Crippen LogP contribution in [0.3, 0.4) is 0 Å². The number of hydrogen-bond acceptors (Lipinski definition) is 2. The highest BCUT2D eigenvalue weighted by Gasteiger charge is 2.26. The standard InChI is InChI=1S/C18H19FN2/c1-12(11-20)13-2-4-14(5-3-13)16-8-9-21-18-7-6-15(19)10-17(16)18/h6-10,12-14H,2-5H2,1H3. The van der Waals surface area contributed by atoms with Crippen molar-refractivity contribution in [3.05, 3.63) is 41.8 Å². The summed E-state index contributed by atoms with van der Waals surface area (Å²) >= 11 is 0. The fraction of sp³-hybridized carbons (Fsp3) is 0.444. The molecule has 3 rings (SSSR count). The van der Waals surface area contributed by atoms with E-state index in [4.69, 9.17) is 5.26 Å². The Kier molecular flexibility index (Phi) is 3.88. The molecule has 0 spiro atoms. The molecule has 1 aromatic carbocycles. The Morgan fingerprint density at radius 2 is 2.00 bits per heavy atom. The number of rotatable bonds is 2. The Labute approximate surface area is 124 Å². The second-order valence-corrected chi connectivity index (χ2v) is 6.09. The van der Waals surface area contributed by atoms with Gasteiger partial charge in [0.2, 0.25) is 0 Å². The minimum Gasteiger partial charge on any atom is -0.256 e. The third-order valence-corrected chi connectivity index (χ3v) is 4.86. The third-order valence-electron chi connectivity index (χ3n) is 4.86. The number of fused-ring (bicyclic) bond motifs is 1. The van der Waals surface area contributed by atoms with Gasteiger partial charge < -0.3 is 0 Å². The Bertz CT molecular complexity index is 681. The maximum absolute atomic E-state index is 13.5. The van der Waals surface area contributed by atoms with Crippen LogP contribution in [0.2, 0.25) is 0 Å². The molecule has 2 aromatic rings. The first-order valence-corrected chi connectivity index (χ1v) is 7.63. The van der Waals surface area contributed by atoms with Gasteiger partial charge in [0.1, 0.15) is 5.82 Å². The summed E-state index contributed by atoms with van der Waals surface area (Å²) in [5, 5.41) is 9.98. The summed E-state index contributed by atoms with van der Waals surface area (Å²) in [5.74, 6) is 0.900. The fourth-order valence-electron chi connectivity index (χ4n) is 3.53. The number of aromatic nitrogens is 1. The molecule has 0 aliphatic heterocycles. The summed E-state index contributed by atoms with van der Waals surface area (Å²) in [6.45, 7) is 2.02. The largest absolute Gasteiger partial charge is 0.256 e. The molecule has 108 valence electrons. The Morgan fingerprint density at radius 1 is 1.24 bits per heavy atom. The highest BCUT2D eigenvalue weighted by Crippen LogP contribution is 2.40. The van der Waals surface area contributed by atoms with E-state index >= 15 is 0 Å². The van der Waals surface area contributed by atoms with Crippen molar-refractivity contribution in [1.29, 1.82) is 5.26 Å². The van der Waals surface area contributed by atoms with Crippen LogP contribution >= 0.6 is 0 Å². The summed E-state index contributed by atoms with van der Waals surface area (Å²) in [6, 6.07) is 9.20. The second-order valence-electron chi connectivity index (χ2n) is 6.09.